The highest BCUT2D eigenvalue weighted by Gasteiger charge is 2.14. The number of halogens is 1. The van der Waals surface area contributed by atoms with Gasteiger partial charge in [0.05, 0.1) is 5.75 Å². The first-order chi connectivity index (χ1) is 6.88. The lowest BCUT2D eigenvalue weighted by Crippen LogP contribution is -2.31. The van der Waals surface area contributed by atoms with Crippen molar-refractivity contribution >= 4 is 21.7 Å². The smallest absolute Gasteiger partial charge is 0.266 e. The first-order valence-corrected chi connectivity index (χ1v) is 6.31. The van der Waals surface area contributed by atoms with Crippen molar-refractivity contribution in [3.63, 3.8) is 0 Å². The molecular weight excluding hydrogens is 238 g/mol. The SMILES string of the molecule is N[C@@H](Cc1ccccc1Cl)CS(=O)(=O)O. The Morgan fingerprint density at radius 1 is 1.40 bits per heavy atom. The fourth-order valence-electron chi connectivity index (χ4n) is 1.28. The Morgan fingerprint density at radius 2 is 2.00 bits per heavy atom. The molecule has 15 heavy (non-hydrogen) atoms. The van der Waals surface area contributed by atoms with E-state index in [1.807, 2.05) is 0 Å². The number of benzene rings is 1. The Balaban J connectivity index is 2.67. The van der Waals surface area contributed by atoms with E-state index < -0.39 is 21.9 Å². The number of nitrogens with two attached hydrogens (primary N) is 1. The van der Waals surface area contributed by atoms with E-state index in [4.69, 9.17) is 21.9 Å². The van der Waals surface area contributed by atoms with Gasteiger partial charge in [-0.15, -0.1) is 0 Å². The van der Waals surface area contributed by atoms with Crippen molar-refractivity contribution in [1.82, 2.24) is 0 Å². The Kier molecular flexibility index (Phi) is 4.10. The zero-order chi connectivity index (χ0) is 11.5. The molecule has 1 rings (SSSR count). The molecule has 0 aliphatic rings. The molecule has 1 aromatic rings. The van der Waals surface area contributed by atoms with Crippen molar-refractivity contribution < 1.29 is 13.0 Å². The van der Waals surface area contributed by atoms with Gasteiger partial charge in [0.2, 0.25) is 0 Å². The van der Waals surface area contributed by atoms with Crippen LogP contribution in [0.15, 0.2) is 24.3 Å². The molecule has 0 saturated carbocycles. The highest BCUT2D eigenvalue weighted by atomic mass is 35.5. The molecule has 0 aliphatic heterocycles. The first kappa shape index (κ1) is 12.4. The van der Waals surface area contributed by atoms with E-state index >= 15 is 0 Å². The normalized spacial score (nSPS) is 13.8. The summed E-state index contributed by atoms with van der Waals surface area (Å²) in [5.74, 6) is -0.460. The Bertz CT molecular complexity index is 433. The van der Waals surface area contributed by atoms with E-state index in [1.165, 1.54) is 0 Å². The predicted octanol–water partition coefficient (Wildman–Crippen LogP) is 1.10. The minimum absolute atomic E-state index is 0.319. The van der Waals surface area contributed by atoms with Gasteiger partial charge >= 0.3 is 0 Å². The van der Waals surface area contributed by atoms with Crippen LogP contribution in [0, 0.1) is 0 Å². The van der Waals surface area contributed by atoms with Gasteiger partial charge in [-0.25, -0.2) is 0 Å². The zero-order valence-electron chi connectivity index (χ0n) is 7.93. The third-order valence-electron chi connectivity index (χ3n) is 1.86. The van der Waals surface area contributed by atoms with Crippen LogP contribution in [0.4, 0.5) is 0 Å². The van der Waals surface area contributed by atoms with E-state index in [9.17, 15) is 8.42 Å². The summed E-state index contributed by atoms with van der Waals surface area (Å²) in [5, 5.41) is 0.545. The zero-order valence-corrected chi connectivity index (χ0v) is 9.50. The van der Waals surface area contributed by atoms with Crippen molar-refractivity contribution in [2.75, 3.05) is 5.75 Å². The summed E-state index contributed by atoms with van der Waals surface area (Å²) < 4.78 is 29.7. The fraction of sp³-hybridized carbons (Fsp3) is 0.333. The van der Waals surface area contributed by atoms with Crippen LogP contribution in [0.25, 0.3) is 0 Å². The molecule has 3 N–H and O–H groups in total. The van der Waals surface area contributed by atoms with Crippen LogP contribution in [0.2, 0.25) is 5.02 Å². The lowest BCUT2D eigenvalue weighted by atomic mass is 10.1. The summed E-state index contributed by atoms with van der Waals surface area (Å²) in [7, 11) is -4.02. The largest absolute Gasteiger partial charge is 0.326 e. The molecule has 6 heteroatoms. The summed E-state index contributed by atoms with van der Waals surface area (Å²) in [6.07, 6.45) is 0.319. The average Bonchev–Trinajstić information content (AvgIpc) is 2.05. The van der Waals surface area contributed by atoms with Gasteiger partial charge in [-0.1, -0.05) is 29.8 Å². The molecule has 1 atom stereocenters. The molecule has 0 spiro atoms. The third kappa shape index (κ3) is 4.61. The van der Waals surface area contributed by atoms with Gasteiger partial charge in [0.15, 0.2) is 0 Å². The quantitative estimate of drug-likeness (QED) is 0.783. The molecule has 1 aromatic carbocycles. The second-order valence-electron chi connectivity index (χ2n) is 3.30. The van der Waals surface area contributed by atoms with Gasteiger partial charge in [0, 0.05) is 11.1 Å². The topological polar surface area (TPSA) is 80.4 Å². The maximum Gasteiger partial charge on any atom is 0.266 e. The van der Waals surface area contributed by atoms with Crippen LogP contribution in [-0.4, -0.2) is 24.8 Å². The van der Waals surface area contributed by atoms with Crippen molar-refractivity contribution in [3.8, 4) is 0 Å². The van der Waals surface area contributed by atoms with E-state index in [2.05, 4.69) is 0 Å². The van der Waals surface area contributed by atoms with Crippen molar-refractivity contribution in [2.45, 2.75) is 12.5 Å². The van der Waals surface area contributed by atoms with Crippen LogP contribution < -0.4 is 5.73 Å². The van der Waals surface area contributed by atoms with Crippen LogP contribution >= 0.6 is 11.6 Å². The summed E-state index contributed by atoms with van der Waals surface area (Å²) in [6, 6.07) is 6.39. The maximum atomic E-state index is 10.6. The summed E-state index contributed by atoms with van der Waals surface area (Å²) in [5.41, 5.74) is 6.34. The average molecular weight is 250 g/mol. The van der Waals surface area contributed by atoms with E-state index in [1.54, 1.807) is 24.3 Å². The third-order valence-corrected chi connectivity index (χ3v) is 3.08. The van der Waals surface area contributed by atoms with Gasteiger partial charge < -0.3 is 5.73 Å². The van der Waals surface area contributed by atoms with E-state index in [-0.39, 0.29) is 0 Å². The molecule has 84 valence electrons. The highest BCUT2D eigenvalue weighted by Crippen LogP contribution is 2.16. The fourth-order valence-corrected chi connectivity index (χ4v) is 2.15. The number of hydrogen-bond acceptors (Lipinski definition) is 3. The van der Waals surface area contributed by atoms with Gasteiger partial charge in [-0.05, 0) is 18.1 Å². The Morgan fingerprint density at radius 3 is 2.53 bits per heavy atom. The number of rotatable bonds is 4. The summed E-state index contributed by atoms with van der Waals surface area (Å²) in [4.78, 5) is 0. The molecule has 0 radical (unpaired) electrons. The van der Waals surface area contributed by atoms with Crippen molar-refractivity contribution in [1.29, 1.82) is 0 Å². The number of hydrogen-bond donors (Lipinski definition) is 2. The van der Waals surface area contributed by atoms with Gasteiger partial charge in [0.1, 0.15) is 0 Å². The van der Waals surface area contributed by atoms with Gasteiger partial charge in [0.25, 0.3) is 10.1 Å². The van der Waals surface area contributed by atoms with Crippen LogP contribution in [0.1, 0.15) is 5.56 Å². The molecule has 0 aliphatic carbocycles. The Hall–Kier alpha value is -0.620. The van der Waals surface area contributed by atoms with Gasteiger partial charge in [-0.2, -0.15) is 8.42 Å². The molecule has 0 amide bonds. The van der Waals surface area contributed by atoms with E-state index in [0.717, 1.165) is 5.56 Å². The lowest BCUT2D eigenvalue weighted by Gasteiger charge is -2.10. The second-order valence-corrected chi connectivity index (χ2v) is 5.21. The van der Waals surface area contributed by atoms with Crippen molar-refractivity contribution in [3.05, 3.63) is 34.9 Å². The summed E-state index contributed by atoms with van der Waals surface area (Å²) >= 11 is 5.87. The van der Waals surface area contributed by atoms with Crippen molar-refractivity contribution in [2.24, 2.45) is 5.73 Å². The second kappa shape index (κ2) is 4.94. The van der Waals surface area contributed by atoms with Gasteiger partial charge in [-0.3, -0.25) is 4.55 Å². The van der Waals surface area contributed by atoms with Crippen LogP contribution in [0.5, 0.6) is 0 Å². The molecule has 0 bridgehead atoms. The van der Waals surface area contributed by atoms with Crippen LogP contribution in [0.3, 0.4) is 0 Å². The molecule has 4 nitrogen and oxygen atoms in total. The highest BCUT2D eigenvalue weighted by molar-refractivity contribution is 7.85. The summed E-state index contributed by atoms with van der Waals surface area (Å²) in [6.45, 7) is 0. The Labute approximate surface area is 93.8 Å². The molecule has 0 saturated heterocycles. The molecule has 0 heterocycles. The molecule has 0 fully saturated rings. The molecule has 0 aromatic heterocycles. The monoisotopic (exact) mass is 249 g/mol. The standard InChI is InChI=1S/C9H12ClNO3S/c10-9-4-2-1-3-7(9)5-8(11)6-15(12,13)14/h1-4,8H,5-6,11H2,(H,12,13,14)/t8-/m0/s1. The maximum absolute atomic E-state index is 10.6. The first-order valence-electron chi connectivity index (χ1n) is 4.32. The minimum Gasteiger partial charge on any atom is -0.326 e. The predicted molar refractivity (Wildman–Crippen MR) is 59.5 cm³/mol. The lowest BCUT2D eigenvalue weighted by molar-refractivity contribution is 0.476. The van der Waals surface area contributed by atoms with Crippen LogP contribution in [-0.2, 0) is 16.5 Å². The minimum atomic E-state index is -4.02. The van der Waals surface area contributed by atoms with E-state index in [0.29, 0.717) is 11.4 Å². The molecule has 0 unspecified atom stereocenters. The molecular formula is C9H12ClNO3S.